The van der Waals surface area contributed by atoms with Crippen molar-refractivity contribution < 1.29 is 18.7 Å². The fraction of sp³-hybridized carbons (Fsp3) is 0.353. The van der Waals surface area contributed by atoms with Crippen molar-refractivity contribution in [2.45, 2.75) is 6.61 Å². The number of rotatable bonds is 10. The number of amides is 1. The van der Waals surface area contributed by atoms with Crippen molar-refractivity contribution in [3.8, 4) is 5.75 Å². The van der Waals surface area contributed by atoms with Crippen LogP contribution in [0.2, 0.25) is 0 Å². The highest BCUT2D eigenvalue weighted by Crippen LogP contribution is 2.18. The molecule has 1 aromatic carbocycles. The van der Waals surface area contributed by atoms with Crippen molar-refractivity contribution in [3.05, 3.63) is 52.4 Å². The predicted octanol–water partition coefficient (Wildman–Crippen LogP) is 3.01. The van der Waals surface area contributed by atoms with Crippen LogP contribution in [0.4, 0.5) is 0 Å². The SMILES string of the molecule is COCCNCCNC(=O)c1ccc(COc2ccc(Br)cc2)o1.Cl. The zero-order valence-corrected chi connectivity index (χ0v) is 16.3. The summed E-state index contributed by atoms with van der Waals surface area (Å²) in [6.45, 7) is 2.87. The maximum atomic E-state index is 12.0. The summed E-state index contributed by atoms with van der Waals surface area (Å²) in [5.41, 5.74) is 0. The lowest BCUT2D eigenvalue weighted by atomic mass is 10.3. The molecule has 2 aromatic rings. The van der Waals surface area contributed by atoms with E-state index in [0.29, 0.717) is 25.5 Å². The van der Waals surface area contributed by atoms with E-state index in [4.69, 9.17) is 13.9 Å². The van der Waals surface area contributed by atoms with Crippen LogP contribution >= 0.6 is 28.3 Å². The highest BCUT2D eigenvalue weighted by molar-refractivity contribution is 9.10. The second kappa shape index (κ2) is 11.9. The first-order chi connectivity index (χ1) is 11.7. The van der Waals surface area contributed by atoms with Crippen molar-refractivity contribution in [1.29, 1.82) is 0 Å². The average Bonchev–Trinajstić information content (AvgIpc) is 3.06. The molecule has 0 aliphatic rings. The highest BCUT2D eigenvalue weighted by Gasteiger charge is 2.10. The maximum Gasteiger partial charge on any atom is 0.287 e. The van der Waals surface area contributed by atoms with Crippen LogP contribution in [0.1, 0.15) is 16.3 Å². The minimum atomic E-state index is -0.238. The van der Waals surface area contributed by atoms with E-state index in [1.165, 1.54) is 0 Å². The van der Waals surface area contributed by atoms with Gasteiger partial charge in [0.05, 0.1) is 6.61 Å². The Balaban J connectivity index is 0.00000312. The molecular formula is C17H22BrClN2O4. The summed E-state index contributed by atoms with van der Waals surface area (Å²) in [5.74, 6) is 1.38. The molecule has 1 aromatic heterocycles. The minimum absolute atomic E-state index is 0. The predicted molar refractivity (Wildman–Crippen MR) is 102 cm³/mol. The van der Waals surface area contributed by atoms with E-state index in [1.54, 1.807) is 19.2 Å². The number of carbonyl (C=O) groups is 1. The van der Waals surface area contributed by atoms with Gasteiger partial charge in [0.2, 0.25) is 0 Å². The molecule has 0 radical (unpaired) electrons. The highest BCUT2D eigenvalue weighted by atomic mass is 79.9. The van der Waals surface area contributed by atoms with Gasteiger partial charge in [-0.15, -0.1) is 12.4 Å². The summed E-state index contributed by atoms with van der Waals surface area (Å²) in [5, 5.41) is 5.93. The summed E-state index contributed by atoms with van der Waals surface area (Å²) in [7, 11) is 1.65. The Labute approximate surface area is 161 Å². The average molecular weight is 434 g/mol. The lowest BCUT2D eigenvalue weighted by molar-refractivity contribution is 0.0922. The number of furan rings is 1. The molecule has 138 valence electrons. The molecule has 1 heterocycles. The van der Waals surface area contributed by atoms with Crippen LogP contribution in [0.25, 0.3) is 0 Å². The second-order valence-electron chi connectivity index (χ2n) is 5.01. The van der Waals surface area contributed by atoms with Crippen LogP contribution in [-0.4, -0.2) is 39.3 Å². The first-order valence-corrected chi connectivity index (χ1v) is 8.43. The quantitative estimate of drug-likeness (QED) is 0.564. The van der Waals surface area contributed by atoms with Gasteiger partial charge in [-0.3, -0.25) is 4.79 Å². The molecule has 0 spiro atoms. The summed E-state index contributed by atoms with van der Waals surface area (Å²) >= 11 is 3.37. The van der Waals surface area contributed by atoms with E-state index in [1.807, 2.05) is 24.3 Å². The first kappa shape index (κ1) is 21.5. The van der Waals surface area contributed by atoms with Crippen LogP contribution < -0.4 is 15.4 Å². The van der Waals surface area contributed by atoms with Crippen LogP contribution in [0, 0.1) is 0 Å². The molecule has 2 N–H and O–H groups in total. The molecule has 0 saturated carbocycles. The van der Waals surface area contributed by atoms with Crippen molar-refractivity contribution in [2.24, 2.45) is 0 Å². The lowest BCUT2D eigenvalue weighted by Gasteiger charge is -2.05. The topological polar surface area (TPSA) is 72.7 Å². The van der Waals surface area contributed by atoms with Gasteiger partial charge in [-0.25, -0.2) is 0 Å². The van der Waals surface area contributed by atoms with E-state index in [0.717, 1.165) is 16.8 Å². The Morgan fingerprint density at radius 3 is 2.60 bits per heavy atom. The minimum Gasteiger partial charge on any atom is -0.486 e. The van der Waals surface area contributed by atoms with Gasteiger partial charge < -0.3 is 24.5 Å². The van der Waals surface area contributed by atoms with Crippen LogP contribution in [-0.2, 0) is 11.3 Å². The number of methoxy groups -OCH3 is 1. The smallest absolute Gasteiger partial charge is 0.287 e. The lowest BCUT2D eigenvalue weighted by Crippen LogP contribution is -2.32. The Hall–Kier alpha value is -1.54. The molecule has 0 saturated heterocycles. The largest absolute Gasteiger partial charge is 0.486 e. The third kappa shape index (κ3) is 7.92. The molecule has 25 heavy (non-hydrogen) atoms. The summed E-state index contributed by atoms with van der Waals surface area (Å²) in [6, 6.07) is 10.9. The number of benzene rings is 1. The normalized spacial score (nSPS) is 10.2. The molecule has 0 aliphatic carbocycles. The molecule has 0 aliphatic heterocycles. The third-order valence-corrected chi connectivity index (χ3v) is 3.68. The van der Waals surface area contributed by atoms with E-state index >= 15 is 0 Å². The fourth-order valence-electron chi connectivity index (χ4n) is 1.91. The van der Waals surface area contributed by atoms with Crippen molar-refractivity contribution in [3.63, 3.8) is 0 Å². The van der Waals surface area contributed by atoms with Gasteiger partial charge in [-0.05, 0) is 36.4 Å². The van der Waals surface area contributed by atoms with E-state index < -0.39 is 0 Å². The maximum absolute atomic E-state index is 12.0. The van der Waals surface area contributed by atoms with Gasteiger partial charge in [0, 0.05) is 31.2 Å². The molecule has 0 unspecified atom stereocenters. The van der Waals surface area contributed by atoms with Gasteiger partial charge in [0.1, 0.15) is 18.1 Å². The second-order valence-corrected chi connectivity index (χ2v) is 5.92. The number of hydrogen-bond donors (Lipinski definition) is 2. The monoisotopic (exact) mass is 432 g/mol. The molecule has 0 atom stereocenters. The molecule has 1 amide bonds. The standard InChI is InChI=1S/C17H21BrN2O4.ClH/c1-22-11-10-19-8-9-20-17(21)16-7-6-15(24-16)12-23-14-4-2-13(18)3-5-14;/h2-7,19H,8-12H2,1H3,(H,20,21);1H. The Kier molecular flexibility index (Phi) is 10.3. The van der Waals surface area contributed by atoms with Crippen molar-refractivity contribution in [2.75, 3.05) is 33.4 Å². The molecule has 6 nitrogen and oxygen atoms in total. The molecule has 2 rings (SSSR count). The van der Waals surface area contributed by atoms with Crippen LogP contribution in [0.5, 0.6) is 5.75 Å². The van der Waals surface area contributed by atoms with E-state index in [-0.39, 0.29) is 30.7 Å². The fourth-order valence-corrected chi connectivity index (χ4v) is 2.18. The Morgan fingerprint density at radius 2 is 1.88 bits per heavy atom. The van der Waals surface area contributed by atoms with Crippen molar-refractivity contribution >= 4 is 34.2 Å². The summed E-state index contributed by atoms with van der Waals surface area (Å²) in [6.07, 6.45) is 0. The van der Waals surface area contributed by atoms with Gasteiger partial charge >= 0.3 is 0 Å². The Bertz CT molecular complexity index is 634. The molecule has 0 bridgehead atoms. The van der Waals surface area contributed by atoms with E-state index in [2.05, 4.69) is 26.6 Å². The zero-order valence-electron chi connectivity index (χ0n) is 13.9. The third-order valence-electron chi connectivity index (χ3n) is 3.15. The molecule has 8 heteroatoms. The summed E-state index contributed by atoms with van der Waals surface area (Å²) in [4.78, 5) is 12.0. The molecular weight excluding hydrogens is 412 g/mol. The number of hydrogen-bond acceptors (Lipinski definition) is 5. The number of ether oxygens (including phenoxy) is 2. The van der Waals surface area contributed by atoms with Crippen LogP contribution in [0.15, 0.2) is 45.3 Å². The van der Waals surface area contributed by atoms with Gasteiger partial charge in [-0.1, -0.05) is 15.9 Å². The van der Waals surface area contributed by atoms with Crippen molar-refractivity contribution in [1.82, 2.24) is 10.6 Å². The van der Waals surface area contributed by atoms with E-state index in [9.17, 15) is 4.79 Å². The van der Waals surface area contributed by atoms with Gasteiger partial charge in [0.25, 0.3) is 5.91 Å². The summed E-state index contributed by atoms with van der Waals surface area (Å²) < 4.78 is 17.0. The molecule has 0 fully saturated rings. The number of nitrogens with one attached hydrogen (secondary N) is 2. The van der Waals surface area contributed by atoms with Gasteiger partial charge in [0.15, 0.2) is 5.76 Å². The first-order valence-electron chi connectivity index (χ1n) is 7.64. The number of halogens is 2. The zero-order chi connectivity index (χ0) is 17.2. The van der Waals surface area contributed by atoms with Gasteiger partial charge in [-0.2, -0.15) is 0 Å². The number of carbonyl (C=O) groups excluding carboxylic acids is 1. The Morgan fingerprint density at radius 1 is 1.12 bits per heavy atom. The van der Waals surface area contributed by atoms with Crippen LogP contribution in [0.3, 0.4) is 0 Å².